The molecule has 160 valence electrons. The van der Waals surface area contributed by atoms with Crippen LogP contribution in [0, 0.1) is 39.9 Å². The fraction of sp³-hybridized carbons (Fsp3) is 0.875. The number of likely N-dealkylation sites (tertiary alicyclic amines) is 1. The van der Waals surface area contributed by atoms with Gasteiger partial charge in [0.15, 0.2) is 0 Å². The van der Waals surface area contributed by atoms with E-state index in [2.05, 4.69) is 25.3 Å². The van der Waals surface area contributed by atoms with Gasteiger partial charge in [-0.1, -0.05) is 20.4 Å². The molecular weight excluding hydrogens is 366 g/mol. The van der Waals surface area contributed by atoms with Crippen LogP contribution in [-0.2, 0) is 9.53 Å². The highest BCUT2D eigenvalue weighted by molar-refractivity contribution is 5.67. The van der Waals surface area contributed by atoms with E-state index in [1.165, 1.54) is 6.92 Å². The first-order chi connectivity index (χ1) is 13.7. The minimum absolute atomic E-state index is 0.0217. The Bertz CT molecular complexity index is 798. The Morgan fingerprint density at radius 3 is 2.76 bits per heavy atom. The second-order valence-electron chi connectivity index (χ2n) is 11.5. The zero-order valence-electron chi connectivity index (χ0n) is 17.9. The molecule has 0 aromatic carbocycles. The number of esters is 1. The predicted molar refractivity (Wildman–Crippen MR) is 108 cm³/mol. The van der Waals surface area contributed by atoms with Gasteiger partial charge in [-0.05, 0) is 67.4 Å². The molecule has 5 saturated carbocycles. The van der Waals surface area contributed by atoms with E-state index >= 15 is 0 Å². The number of hydrogen-bond acceptors (Lipinski definition) is 5. The van der Waals surface area contributed by atoms with Crippen LogP contribution >= 0.6 is 0 Å². The molecule has 6 aliphatic rings. The first-order valence-electron chi connectivity index (χ1n) is 11.7. The molecule has 0 amide bonds. The molecule has 1 aliphatic heterocycles. The molecule has 7 bridgehead atoms. The van der Waals surface area contributed by atoms with Crippen molar-refractivity contribution in [3.8, 4) is 0 Å². The molecule has 5 aliphatic carbocycles. The number of rotatable bonds is 2. The van der Waals surface area contributed by atoms with Crippen molar-refractivity contribution in [2.24, 2.45) is 39.9 Å². The lowest BCUT2D eigenvalue weighted by Crippen LogP contribution is -2.68. The number of hydrogen-bond donors (Lipinski definition) is 2. The van der Waals surface area contributed by atoms with Crippen LogP contribution in [0.3, 0.4) is 0 Å². The lowest BCUT2D eigenvalue weighted by Gasteiger charge is -2.65. The van der Waals surface area contributed by atoms with Gasteiger partial charge >= 0.3 is 5.97 Å². The molecule has 6 rings (SSSR count). The molecule has 2 N–H and O–H groups in total. The normalized spacial score (nSPS) is 59.7. The van der Waals surface area contributed by atoms with Gasteiger partial charge in [0.05, 0.1) is 12.2 Å². The number of fused-ring (bicyclic) bond motifs is 1. The van der Waals surface area contributed by atoms with Crippen molar-refractivity contribution in [3.63, 3.8) is 0 Å². The maximum absolute atomic E-state index is 12.1. The fourth-order valence-electron chi connectivity index (χ4n) is 10.3. The minimum Gasteiger partial charge on any atom is -0.457 e. The van der Waals surface area contributed by atoms with Crippen molar-refractivity contribution in [3.05, 3.63) is 12.2 Å². The number of nitrogens with zero attached hydrogens (tertiary/aromatic N) is 1. The van der Waals surface area contributed by atoms with E-state index in [1.54, 1.807) is 0 Å². The van der Waals surface area contributed by atoms with Gasteiger partial charge < -0.3 is 14.9 Å². The summed E-state index contributed by atoms with van der Waals surface area (Å²) < 4.78 is 6.01. The Balaban J connectivity index is 1.58. The van der Waals surface area contributed by atoms with Gasteiger partial charge in [0.1, 0.15) is 6.10 Å². The molecule has 11 atom stereocenters. The summed E-state index contributed by atoms with van der Waals surface area (Å²) in [4.78, 5) is 14.7. The molecule has 6 fully saturated rings. The molecule has 5 nitrogen and oxygen atoms in total. The van der Waals surface area contributed by atoms with Crippen LogP contribution in [0.1, 0.15) is 52.9 Å². The van der Waals surface area contributed by atoms with Gasteiger partial charge in [-0.15, -0.1) is 0 Å². The molecular formula is C24H35NO4. The molecule has 2 spiro atoms. The topological polar surface area (TPSA) is 70.0 Å². The van der Waals surface area contributed by atoms with Crippen LogP contribution in [-0.4, -0.2) is 58.5 Å². The Labute approximate surface area is 173 Å². The number of ether oxygens (including phenoxy) is 1. The van der Waals surface area contributed by atoms with Crippen molar-refractivity contribution in [1.82, 2.24) is 4.90 Å². The zero-order valence-corrected chi connectivity index (χ0v) is 17.9. The van der Waals surface area contributed by atoms with Crippen LogP contribution < -0.4 is 0 Å². The number of aliphatic hydroxyl groups is 2. The van der Waals surface area contributed by atoms with Crippen LogP contribution in [0.25, 0.3) is 0 Å². The van der Waals surface area contributed by atoms with E-state index in [0.29, 0.717) is 17.9 Å². The Hall–Kier alpha value is -0.910. The number of aliphatic hydroxyl groups excluding tert-OH is 2. The third kappa shape index (κ3) is 1.81. The van der Waals surface area contributed by atoms with E-state index < -0.39 is 6.10 Å². The lowest BCUT2D eigenvalue weighted by molar-refractivity contribution is -0.220. The van der Waals surface area contributed by atoms with E-state index in [1.807, 2.05) is 0 Å². The van der Waals surface area contributed by atoms with Crippen molar-refractivity contribution in [2.45, 2.75) is 77.2 Å². The quantitative estimate of drug-likeness (QED) is 0.549. The summed E-state index contributed by atoms with van der Waals surface area (Å²) in [5.41, 5.74) is 0.812. The summed E-state index contributed by atoms with van der Waals surface area (Å²) in [6, 6.07) is 0.334. The van der Waals surface area contributed by atoms with Crippen LogP contribution in [0.4, 0.5) is 0 Å². The van der Waals surface area contributed by atoms with Gasteiger partial charge in [0, 0.05) is 36.3 Å². The molecule has 29 heavy (non-hydrogen) atoms. The van der Waals surface area contributed by atoms with E-state index in [4.69, 9.17) is 4.74 Å². The SMILES string of the molecule is C=C1[C@H]2C[C@@]3(C4C[C@@H]5[C@@]6(C)CC[C@H](O)[C@@]5(C4N(CC)C6)[C@@H]3C[C@@H]2O)[C@@H]1OC(C)=O. The summed E-state index contributed by atoms with van der Waals surface area (Å²) >= 11 is 0. The maximum atomic E-state index is 12.1. The summed E-state index contributed by atoms with van der Waals surface area (Å²) in [6.45, 7) is 12.6. The standard InChI is InChI=1S/C24H35NO4/c1-5-25-11-22(4)7-6-19(28)24-17(22)8-15(20(24)25)23-10-14(16(27)9-18(23)24)12(2)21(23)29-13(3)26/h14-21,27-28H,2,5-11H2,1,3-4H3/t14-,15?,16+,17-,18-,19+,20?,21-,22+,23+,24+/m1/s1. The fourth-order valence-corrected chi connectivity index (χ4v) is 10.3. The highest BCUT2D eigenvalue weighted by atomic mass is 16.5. The molecule has 2 unspecified atom stereocenters. The van der Waals surface area contributed by atoms with E-state index in [-0.39, 0.29) is 46.3 Å². The van der Waals surface area contributed by atoms with Crippen LogP contribution in [0.15, 0.2) is 12.2 Å². The van der Waals surface area contributed by atoms with Gasteiger partial charge in [-0.25, -0.2) is 0 Å². The predicted octanol–water partition coefficient (Wildman–Crippen LogP) is 2.36. The average molecular weight is 402 g/mol. The van der Waals surface area contributed by atoms with Crippen molar-refractivity contribution in [1.29, 1.82) is 0 Å². The third-order valence-electron chi connectivity index (χ3n) is 10.8. The average Bonchev–Trinajstić information content (AvgIpc) is 3.19. The monoisotopic (exact) mass is 401 g/mol. The van der Waals surface area contributed by atoms with Crippen molar-refractivity contribution in [2.75, 3.05) is 13.1 Å². The van der Waals surface area contributed by atoms with Gasteiger partial charge in [0.2, 0.25) is 0 Å². The molecule has 0 radical (unpaired) electrons. The van der Waals surface area contributed by atoms with Crippen molar-refractivity contribution >= 4 is 5.97 Å². The van der Waals surface area contributed by atoms with E-state index in [9.17, 15) is 15.0 Å². The number of carbonyl (C=O) groups excluding carboxylic acids is 1. The summed E-state index contributed by atoms with van der Waals surface area (Å²) in [6.07, 6.45) is 3.58. The largest absolute Gasteiger partial charge is 0.457 e. The second-order valence-corrected chi connectivity index (χ2v) is 11.5. The Morgan fingerprint density at radius 1 is 1.31 bits per heavy atom. The first kappa shape index (κ1) is 18.8. The molecule has 0 aromatic rings. The lowest BCUT2D eigenvalue weighted by atomic mass is 9.43. The Morgan fingerprint density at radius 2 is 2.07 bits per heavy atom. The highest BCUT2D eigenvalue weighted by Gasteiger charge is 2.85. The highest BCUT2D eigenvalue weighted by Crippen LogP contribution is 2.83. The molecule has 1 heterocycles. The Kier molecular flexibility index (Phi) is 3.55. The summed E-state index contributed by atoms with van der Waals surface area (Å²) in [7, 11) is 0. The van der Waals surface area contributed by atoms with Crippen molar-refractivity contribution < 1.29 is 19.7 Å². The molecule has 0 aromatic heterocycles. The maximum Gasteiger partial charge on any atom is 0.303 e. The van der Waals surface area contributed by atoms with E-state index in [0.717, 1.165) is 50.8 Å². The second kappa shape index (κ2) is 5.46. The van der Waals surface area contributed by atoms with Crippen LogP contribution in [0.2, 0.25) is 0 Å². The zero-order chi connectivity index (χ0) is 20.5. The smallest absolute Gasteiger partial charge is 0.303 e. The summed E-state index contributed by atoms with van der Waals surface area (Å²) in [5, 5.41) is 22.8. The molecule has 1 saturated heterocycles. The summed E-state index contributed by atoms with van der Waals surface area (Å²) in [5.74, 6) is 0.875. The molecule has 5 heteroatoms. The van der Waals surface area contributed by atoms with Gasteiger partial charge in [0.25, 0.3) is 0 Å². The number of carbonyl (C=O) groups is 1. The third-order valence-corrected chi connectivity index (χ3v) is 10.8. The first-order valence-corrected chi connectivity index (χ1v) is 11.7. The van der Waals surface area contributed by atoms with Crippen LogP contribution in [0.5, 0.6) is 0 Å². The van der Waals surface area contributed by atoms with Gasteiger partial charge in [-0.2, -0.15) is 0 Å². The van der Waals surface area contributed by atoms with Gasteiger partial charge in [-0.3, -0.25) is 9.69 Å². The minimum atomic E-state index is -0.439. The number of piperidine rings is 1.